The van der Waals surface area contributed by atoms with Gasteiger partial charge in [-0.1, -0.05) is 36.7 Å². The summed E-state index contributed by atoms with van der Waals surface area (Å²) in [6.45, 7) is 2.70. The van der Waals surface area contributed by atoms with Gasteiger partial charge >= 0.3 is 0 Å². The van der Waals surface area contributed by atoms with Crippen molar-refractivity contribution in [1.82, 2.24) is 5.32 Å². The maximum atomic E-state index is 14.0. The molecule has 0 amide bonds. The van der Waals surface area contributed by atoms with Gasteiger partial charge in [-0.15, -0.1) is 0 Å². The number of phenolic OH excluding ortho intramolecular Hbond substituents is 1. The van der Waals surface area contributed by atoms with Crippen molar-refractivity contribution >= 4 is 11.6 Å². The van der Waals surface area contributed by atoms with Gasteiger partial charge in [-0.05, 0) is 42.8 Å². The minimum atomic E-state index is -0.316. The Labute approximate surface area is 123 Å². The van der Waals surface area contributed by atoms with E-state index in [2.05, 4.69) is 5.32 Å². The molecule has 2 aromatic rings. The van der Waals surface area contributed by atoms with Crippen LogP contribution in [0, 0.1) is 5.82 Å². The van der Waals surface area contributed by atoms with Crippen LogP contribution in [0.4, 0.5) is 4.39 Å². The SMILES string of the molecule is CCNC(Cc1cccc(O)c1)c1ccc(Cl)cc1F. The molecule has 0 aromatic heterocycles. The van der Waals surface area contributed by atoms with Gasteiger partial charge in [0.1, 0.15) is 11.6 Å². The molecule has 2 N–H and O–H groups in total. The fraction of sp³-hybridized carbons (Fsp3) is 0.250. The molecule has 2 nitrogen and oxygen atoms in total. The van der Waals surface area contributed by atoms with Crippen molar-refractivity contribution in [2.45, 2.75) is 19.4 Å². The summed E-state index contributed by atoms with van der Waals surface area (Å²) in [6.07, 6.45) is 0.598. The minimum absolute atomic E-state index is 0.154. The van der Waals surface area contributed by atoms with Crippen LogP contribution < -0.4 is 5.32 Å². The average Bonchev–Trinajstić information content (AvgIpc) is 2.38. The molecular weight excluding hydrogens is 277 g/mol. The first-order valence-corrected chi connectivity index (χ1v) is 6.94. The first-order chi connectivity index (χ1) is 9.60. The summed E-state index contributed by atoms with van der Waals surface area (Å²) in [7, 11) is 0. The molecule has 0 aliphatic heterocycles. The molecule has 0 fully saturated rings. The molecule has 106 valence electrons. The topological polar surface area (TPSA) is 32.3 Å². The third kappa shape index (κ3) is 3.71. The highest BCUT2D eigenvalue weighted by Gasteiger charge is 2.16. The molecule has 0 aliphatic carbocycles. The van der Waals surface area contributed by atoms with Crippen LogP contribution >= 0.6 is 11.6 Å². The van der Waals surface area contributed by atoms with Crippen LogP contribution in [0.2, 0.25) is 5.02 Å². The van der Waals surface area contributed by atoms with E-state index in [1.165, 1.54) is 6.07 Å². The van der Waals surface area contributed by atoms with Crippen molar-refractivity contribution in [2.24, 2.45) is 0 Å². The van der Waals surface area contributed by atoms with Crippen LogP contribution in [-0.2, 0) is 6.42 Å². The maximum Gasteiger partial charge on any atom is 0.129 e. The number of halogens is 2. The van der Waals surface area contributed by atoms with Crippen molar-refractivity contribution < 1.29 is 9.50 Å². The fourth-order valence-corrected chi connectivity index (χ4v) is 2.40. The summed E-state index contributed by atoms with van der Waals surface area (Å²) in [6, 6.07) is 11.6. The summed E-state index contributed by atoms with van der Waals surface area (Å²) in [4.78, 5) is 0. The summed E-state index contributed by atoms with van der Waals surface area (Å²) >= 11 is 5.79. The summed E-state index contributed by atoms with van der Waals surface area (Å²) < 4.78 is 14.0. The molecule has 0 heterocycles. The lowest BCUT2D eigenvalue weighted by molar-refractivity contribution is 0.472. The Morgan fingerprint density at radius 2 is 2.05 bits per heavy atom. The zero-order chi connectivity index (χ0) is 14.5. The zero-order valence-corrected chi connectivity index (χ0v) is 12.0. The zero-order valence-electron chi connectivity index (χ0n) is 11.2. The first kappa shape index (κ1) is 14.8. The van der Waals surface area contributed by atoms with E-state index < -0.39 is 0 Å². The lowest BCUT2D eigenvalue weighted by Crippen LogP contribution is -2.24. The van der Waals surface area contributed by atoms with Gasteiger partial charge in [0.25, 0.3) is 0 Å². The molecule has 0 saturated heterocycles. The molecule has 1 atom stereocenters. The second-order valence-electron chi connectivity index (χ2n) is 4.65. The molecule has 4 heteroatoms. The van der Waals surface area contributed by atoms with Gasteiger partial charge in [0.2, 0.25) is 0 Å². The van der Waals surface area contributed by atoms with Crippen LogP contribution in [-0.4, -0.2) is 11.7 Å². The number of rotatable bonds is 5. The highest BCUT2D eigenvalue weighted by atomic mass is 35.5. The number of likely N-dealkylation sites (N-methyl/N-ethyl adjacent to an activating group) is 1. The number of hydrogen-bond acceptors (Lipinski definition) is 2. The van der Waals surface area contributed by atoms with Gasteiger partial charge < -0.3 is 10.4 Å². The van der Waals surface area contributed by atoms with E-state index >= 15 is 0 Å². The second-order valence-corrected chi connectivity index (χ2v) is 5.09. The standard InChI is InChI=1S/C16H17ClFNO/c1-2-19-16(9-11-4-3-5-13(20)8-11)14-7-6-12(17)10-15(14)18/h3-8,10,16,19-20H,2,9H2,1H3. The van der Waals surface area contributed by atoms with Crippen molar-refractivity contribution in [2.75, 3.05) is 6.54 Å². The van der Waals surface area contributed by atoms with Gasteiger partial charge in [0, 0.05) is 16.6 Å². The fourth-order valence-electron chi connectivity index (χ4n) is 2.24. The van der Waals surface area contributed by atoms with Crippen LogP contribution in [0.25, 0.3) is 0 Å². The van der Waals surface area contributed by atoms with Crippen molar-refractivity contribution in [3.63, 3.8) is 0 Å². The van der Waals surface area contributed by atoms with Crippen molar-refractivity contribution in [3.05, 3.63) is 64.4 Å². The normalized spacial score (nSPS) is 12.3. The highest BCUT2D eigenvalue weighted by molar-refractivity contribution is 6.30. The number of aromatic hydroxyl groups is 1. The number of hydrogen-bond donors (Lipinski definition) is 2. The monoisotopic (exact) mass is 293 g/mol. The van der Waals surface area contributed by atoms with E-state index in [9.17, 15) is 9.50 Å². The third-order valence-electron chi connectivity index (χ3n) is 3.14. The van der Waals surface area contributed by atoms with E-state index in [0.29, 0.717) is 17.0 Å². The molecule has 0 saturated carbocycles. The van der Waals surface area contributed by atoms with Crippen LogP contribution in [0.5, 0.6) is 5.75 Å². The Morgan fingerprint density at radius 1 is 1.25 bits per heavy atom. The average molecular weight is 294 g/mol. The van der Waals surface area contributed by atoms with Crippen molar-refractivity contribution in [1.29, 1.82) is 0 Å². The van der Waals surface area contributed by atoms with Gasteiger partial charge in [-0.2, -0.15) is 0 Å². The quantitative estimate of drug-likeness (QED) is 0.871. The van der Waals surface area contributed by atoms with Crippen LogP contribution in [0.1, 0.15) is 24.1 Å². The summed E-state index contributed by atoms with van der Waals surface area (Å²) in [5, 5.41) is 13.2. The molecule has 0 radical (unpaired) electrons. The Hall–Kier alpha value is -1.58. The van der Waals surface area contributed by atoms with Crippen molar-refractivity contribution in [3.8, 4) is 5.75 Å². The van der Waals surface area contributed by atoms with E-state index in [1.54, 1.807) is 30.3 Å². The third-order valence-corrected chi connectivity index (χ3v) is 3.37. The van der Waals surface area contributed by atoms with Crippen LogP contribution in [0.3, 0.4) is 0 Å². The van der Waals surface area contributed by atoms with Crippen LogP contribution in [0.15, 0.2) is 42.5 Å². The minimum Gasteiger partial charge on any atom is -0.508 e. The van der Waals surface area contributed by atoms with Gasteiger partial charge in [-0.3, -0.25) is 0 Å². The highest BCUT2D eigenvalue weighted by Crippen LogP contribution is 2.25. The number of nitrogens with one attached hydrogen (secondary N) is 1. The first-order valence-electron chi connectivity index (χ1n) is 6.56. The molecule has 0 aliphatic rings. The van der Waals surface area contributed by atoms with E-state index in [-0.39, 0.29) is 17.6 Å². The largest absolute Gasteiger partial charge is 0.508 e. The summed E-state index contributed by atoms with van der Waals surface area (Å²) in [5.74, 6) is -0.0991. The van der Waals surface area contributed by atoms with E-state index in [1.807, 2.05) is 13.0 Å². The second kappa shape index (κ2) is 6.73. The predicted molar refractivity (Wildman–Crippen MR) is 79.6 cm³/mol. The maximum absolute atomic E-state index is 14.0. The van der Waals surface area contributed by atoms with Gasteiger partial charge in [0.15, 0.2) is 0 Å². The lowest BCUT2D eigenvalue weighted by atomic mass is 9.98. The molecule has 2 aromatic carbocycles. The Bertz CT molecular complexity index is 588. The predicted octanol–water partition coefficient (Wildman–Crippen LogP) is 4.08. The lowest BCUT2D eigenvalue weighted by Gasteiger charge is -2.19. The Morgan fingerprint density at radius 3 is 2.70 bits per heavy atom. The molecule has 20 heavy (non-hydrogen) atoms. The summed E-state index contributed by atoms with van der Waals surface area (Å²) in [5.41, 5.74) is 1.53. The van der Waals surface area contributed by atoms with E-state index in [4.69, 9.17) is 11.6 Å². The molecule has 1 unspecified atom stereocenters. The van der Waals surface area contributed by atoms with Gasteiger partial charge in [-0.25, -0.2) is 4.39 Å². The van der Waals surface area contributed by atoms with E-state index in [0.717, 1.165) is 12.1 Å². The number of benzene rings is 2. The smallest absolute Gasteiger partial charge is 0.129 e. The Kier molecular flexibility index (Phi) is 4.99. The molecule has 0 spiro atoms. The molecule has 2 rings (SSSR count). The Balaban J connectivity index is 2.26. The molecular formula is C16H17ClFNO. The number of phenols is 1. The van der Waals surface area contributed by atoms with Gasteiger partial charge in [0.05, 0.1) is 0 Å². The molecule has 0 bridgehead atoms.